The summed E-state index contributed by atoms with van der Waals surface area (Å²) in [6, 6.07) is 0.289. The van der Waals surface area contributed by atoms with Crippen molar-refractivity contribution in [1.29, 1.82) is 0 Å². The molecule has 5 nitrogen and oxygen atoms in total. The monoisotopic (exact) mass is 249 g/mol. The molecule has 94 valence electrons. The molecule has 1 rings (SSSR count). The second-order valence-electron chi connectivity index (χ2n) is 4.17. The van der Waals surface area contributed by atoms with Crippen molar-refractivity contribution in [2.24, 2.45) is 0 Å². The highest BCUT2D eigenvalue weighted by atomic mass is 32.2. The number of rotatable bonds is 4. The van der Waals surface area contributed by atoms with Crippen LogP contribution in [0.25, 0.3) is 0 Å². The third-order valence-electron chi connectivity index (χ3n) is 3.09. The Kier molecular flexibility index (Phi) is 5.37. The quantitative estimate of drug-likeness (QED) is 0.754. The van der Waals surface area contributed by atoms with Gasteiger partial charge in [0.05, 0.1) is 6.10 Å². The summed E-state index contributed by atoms with van der Waals surface area (Å²) < 4.78 is 24.3. The van der Waals surface area contributed by atoms with Crippen molar-refractivity contribution in [2.75, 3.05) is 13.0 Å². The predicted molar refractivity (Wildman–Crippen MR) is 61.2 cm³/mol. The van der Waals surface area contributed by atoms with Crippen LogP contribution >= 0.6 is 0 Å². The summed E-state index contributed by atoms with van der Waals surface area (Å²) in [4.78, 5) is 12.9. The van der Waals surface area contributed by atoms with Gasteiger partial charge < -0.3 is 14.2 Å². The Labute approximate surface area is 98.4 Å². The summed E-state index contributed by atoms with van der Waals surface area (Å²) in [5.41, 5.74) is 0. The van der Waals surface area contributed by atoms with Gasteiger partial charge >= 0.3 is 0 Å². The maximum absolute atomic E-state index is 11.2. The zero-order valence-electron chi connectivity index (χ0n) is 9.72. The normalized spacial score (nSPS) is 27.4. The van der Waals surface area contributed by atoms with Gasteiger partial charge in [-0.25, -0.2) is 4.21 Å². The fourth-order valence-corrected chi connectivity index (χ4v) is 2.32. The summed E-state index contributed by atoms with van der Waals surface area (Å²) in [7, 11) is 1.82. The lowest BCUT2D eigenvalue weighted by atomic mass is 9.92. The number of amides is 1. The second kappa shape index (κ2) is 6.32. The average molecular weight is 249 g/mol. The molecule has 0 spiro atoms. The molecule has 1 unspecified atom stereocenters. The minimum absolute atomic E-state index is 0.0627. The van der Waals surface area contributed by atoms with E-state index in [0.29, 0.717) is 0 Å². The molecule has 1 fully saturated rings. The topological polar surface area (TPSA) is 66.8 Å². The van der Waals surface area contributed by atoms with Crippen molar-refractivity contribution in [3.63, 3.8) is 0 Å². The molecule has 1 aliphatic rings. The number of nitrogens with zero attached hydrogens (tertiary/aromatic N) is 1. The molecule has 0 bridgehead atoms. The Morgan fingerprint density at radius 1 is 1.44 bits per heavy atom. The first-order valence-electron chi connectivity index (χ1n) is 5.43. The highest BCUT2D eigenvalue weighted by Crippen LogP contribution is 2.24. The van der Waals surface area contributed by atoms with Crippen LogP contribution in [0.3, 0.4) is 0 Å². The first kappa shape index (κ1) is 13.6. The van der Waals surface area contributed by atoms with Gasteiger partial charge in [-0.3, -0.25) is 4.79 Å². The van der Waals surface area contributed by atoms with Crippen LogP contribution < -0.4 is 0 Å². The molecule has 16 heavy (non-hydrogen) atoms. The van der Waals surface area contributed by atoms with Crippen LogP contribution in [-0.2, 0) is 20.6 Å². The van der Waals surface area contributed by atoms with Crippen molar-refractivity contribution in [2.45, 2.75) is 44.8 Å². The molecule has 0 aromatic heterocycles. The van der Waals surface area contributed by atoms with E-state index in [-0.39, 0.29) is 24.0 Å². The number of hydrogen-bond donors (Lipinski definition) is 1. The zero-order valence-corrected chi connectivity index (χ0v) is 10.5. The van der Waals surface area contributed by atoms with E-state index in [9.17, 15) is 9.00 Å². The standard InChI is InChI=1S/C10H19NO4S/c1-8(12)11(2)9-3-5-10(6-4-9)15-7-16(13)14/h9-10H,3-7H2,1-2H3,(H,13,14)/t9-,10+. The van der Waals surface area contributed by atoms with E-state index < -0.39 is 11.1 Å². The van der Waals surface area contributed by atoms with Gasteiger partial charge in [0.25, 0.3) is 0 Å². The third-order valence-corrected chi connectivity index (χ3v) is 3.43. The molecule has 0 radical (unpaired) electrons. The maximum Gasteiger partial charge on any atom is 0.219 e. The molecular weight excluding hydrogens is 230 g/mol. The molecule has 1 N–H and O–H groups in total. The van der Waals surface area contributed by atoms with Crippen molar-refractivity contribution in [3.05, 3.63) is 0 Å². The molecular formula is C10H19NO4S. The zero-order chi connectivity index (χ0) is 12.1. The number of hydrogen-bond acceptors (Lipinski definition) is 3. The van der Waals surface area contributed by atoms with Crippen molar-refractivity contribution >= 4 is 17.0 Å². The first-order valence-corrected chi connectivity index (χ1v) is 6.70. The molecule has 1 aliphatic carbocycles. The van der Waals surface area contributed by atoms with Gasteiger partial charge in [-0.15, -0.1) is 0 Å². The summed E-state index contributed by atoms with van der Waals surface area (Å²) >= 11 is -1.88. The van der Waals surface area contributed by atoms with Gasteiger partial charge in [0.2, 0.25) is 5.91 Å². The number of carbonyl (C=O) groups is 1. The molecule has 0 aromatic rings. The third kappa shape index (κ3) is 4.19. The van der Waals surface area contributed by atoms with Gasteiger partial charge in [0, 0.05) is 20.0 Å². The molecule has 1 saturated carbocycles. The van der Waals surface area contributed by atoms with Gasteiger partial charge in [-0.05, 0) is 25.7 Å². The van der Waals surface area contributed by atoms with Gasteiger partial charge in [0.15, 0.2) is 11.1 Å². The SMILES string of the molecule is CC(=O)N(C)[C@H]1CC[C@@H](OCS(=O)O)CC1. The minimum atomic E-state index is -1.88. The molecule has 0 aromatic carbocycles. The van der Waals surface area contributed by atoms with E-state index in [4.69, 9.17) is 9.29 Å². The largest absolute Gasteiger partial charge is 0.362 e. The van der Waals surface area contributed by atoms with E-state index in [1.165, 1.54) is 0 Å². The van der Waals surface area contributed by atoms with Crippen LogP contribution in [0.1, 0.15) is 32.6 Å². The lowest BCUT2D eigenvalue weighted by Crippen LogP contribution is -2.39. The Morgan fingerprint density at radius 2 is 2.00 bits per heavy atom. The second-order valence-corrected chi connectivity index (χ2v) is 5.05. The Morgan fingerprint density at radius 3 is 2.44 bits per heavy atom. The van der Waals surface area contributed by atoms with Crippen molar-refractivity contribution in [3.8, 4) is 0 Å². The first-order chi connectivity index (χ1) is 7.50. The highest BCUT2D eigenvalue weighted by Gasteiger charge is 2.25. The Hall–Kier alpha value is -0.460. The Balaban J connectivity index is 2.28. The molecule has 0 aliphatic heterocycles. The molecule has 0 saturated heterocycles. The van der Waals surface area contributed by atoms with Crippen LogP contribution in [0.2, 0.25) is 0 Å². The van der Waals surface area contributed by atoms with Crippen LogP contribution in [-0.4, -0.2) is 44.7 Å². The van der Waals surface area contributed by atoms with Gasteiger partial charge in [0.1, 0.15) is 5.94 Å². The van der Waals surface area contributed by atoms with E-state index >= 15 is 0 Å². The molecule has 1 amide bonds. The van der Waals surface area contributed by atoms with Crippen LogP contribution in [0, 0.1) is 0 Å². The van der Waals surface area contributed by atoms with Crippen LogP contribution in [0.4, 0.5) is 0 Å². The summed E-state index contributed by atoms with van der Waals surface area (Å²) in [6.07, 6.45) is 3.56. The molecule has 6 heteroatoms. The van der Waals surface area contributed by atoms with Crippen molar-refractivity contribution in [1.82, 2.24) is 4.90 Å². The summed E-state index contributed by atoms with van der Waals surface area (Å²) in [6.45, 7) is 1.57. The predicted octanol–water partition coefficient (Wildman–Crippen LogP) is 0.972. The van der Waals surface area contributed by atoms with Gasteiger partial charge in [-0.1, -0.05) is 0 Å². The van der Waals surface area contributed by atoms with E-state index in [2.05, 4.69) is 0 Å². The van der Waals surface area contributed by atoms with Crippen LogP contribution in [0.15, 0.2) is 0 Å². The van der Waals surface area contributed by atoms with E-state index in [1.807, 2.05) is 7.05 Å². The fraction of sp³-hybridized carbons (Fsp3) is 0.900. The number of carbonyl (C=O) groups excluding carboxylic acids is 1. The Bertz CT molecular complexity index is 264. The smallest absolute Gasteiger partial charge is 0.219 e. The highest BCUT2D eigenvalue weighted by molar-refractivity contribution is 7.79. The summed E-state index contributed by atoms with van der Waals surface area (Å²) in [5.74, 6) is -0.0291. The minimum Gasteiger partial charge on any atom is -0.362 e. The lowest BCUT2D eigenvalue weighted by Gasteiger charge is -2.33. The van der Waals surface area contributed by atoms with Crippen molar-refractivity contribution < 1.29 is 18.3 Å². The van der Waals surface area contributed by atoms with Gasteiger partial charge in [-0.2, -0.15) is 0 Å². The number of ether oxygens (including phenoxy) is 1. The summed E-state index contributed by atoms with van der Waals surface area (Å²) in [5, 5.41) is 0. The van der Waals surface area contributed by atoms with E-state index in [1.54, 1.807) is 11.8 Å². The van der Waals surface area contributed by atoms with Crippen LogP contribution in [0.5, 0.6) is 0 Å². The maximum atomic E-state index is 11.2. The molecule has 1 atom stereocenters. The molecule has 0 heterocycles. The average Bonchev–Trinajstić information content (AvgIpc) is 2.26. The van der Waals surface area contributed by atoms with E-state index in [0.717, 1.165) is 25.7 Å². The fourth-order valence-electron chi connectivity index (χ4n) is 2.01. The lowest BCUT2D eigenvalue weighted by molar-refractivity contribution is -0.130.